The number of primary amides is 1. The molecule has 1 aromatic carbocycles. The van der Waals surface area contributed by atoms with Gasteiger partial charge in [0, 0.05) is 73.7 Å². The molecule has 5 rings (SSSR count). The van der Waals surface area contributed by atoms with Crippen molar-refractivity contribution in [2.75, 3.05) is 32.7 Å². The number of methoxy groups -OCH3 is 2. The van der Waals surface area contributed by atoms with Crippen LogP contribution >= 0.6 is 0 Å². The first-order chi connectivity index (χ1) is 29.9. The van der Waals surface area contributed by atoms with Gasteiger partial charge in [-0.3, -0.25) is 39.4 Å². The molecule has 0 spiro atoms. The number of hydrogen-bond donors (Lipinski definition) is 6. The summed E-state index contributed by atoms with van der Waals surface area (Å²) in [6.07, 6.45) is 2.18. The molecule has 0 saturated carbocycles. The van der Waals surface area contributed by atoms with E-state index in [9.17, 15) is 43.5 Å². The maximum absolute atomic E-state index is 14.1. The summed E-state index contributed by atoms with van der Waals surface area (Å²) in [6, 6.07) is 3.89. The third-order valence-electron chi connectivity index (χ3n) is 11.2. The number of fused-ring (bicyclic) bond motifs is 3. The smallest absolute Gasteiger partial charge is 0.411 e. The number of rotatable bonds is 9. The zero-order chi connectivity index (χ0) is 46.1. The number of imide groups is 1. The Hall–Kier alpha value is -6.44. The second-order valence-corrected chi connectivity index (χ2v) is 15.9. The molecule has 3 aliphatic heterocycles. The minimum atomic E-state index is -1.07. The lowest BCUT2D eigenvalue weighted by atomic mass is 9.85. The van der Waals surface area contributed by atoms with E-state index in [1.165, 1.54) is 38.2 Å². The van der Waals surface area contributed by atoms with E-state index < -0.39 is 83.8 Å². The lowest BCUT2D eigenvalue weighted by Crippen LogP contribution is -2.52. The quantitative estimate of drug-likeness (QED) is 0.0901. The van der Waals surface area contributed by atoms with Crippen LogP contribution in [-0.2, 0) is 49.5 Å². The second-order valence-electron chi connectivity index (χ2n) is 15.9. The maximum Gasteiger partial charge on any atom is 0.411 e. The van der Waals surface area contributed by atoms with E-state index >= 15 is 0 Å². The fourth-order valence-electron chi connectivity index (χ4n) is 7.95. The number of carbonyl (C=O) groups excluding carboxylic acids is 8. The summed E-state index contributed by atoms with van der Waals surface area (Å²) in [5.41, 5.74) is 6.88. The molecule has 1 fully saturated rings. The molecule has 338 valence electrons. The molecular weight excluding hydrogens is 821 g/mol. The Balaban J connectivity index is 1.32. The topological polar surface area (TPSA) is 271 Å². The average Bonchev–Trinajstić information content (AvgIpc) is 3.57. The van der Waals surface area contributed by atoms with Gasteiger partial charge in [-0.1, -0.05) is 44.2 Å². The van der Waals surface area contributed by atoms with E-state index in [0.29, 0.717) is 16.7 Å². The van der Waals surface area contributed by atoms with Crippen molar-refractivity contribution >= 4 is 53.1 Å². The highest BCUT2D eigenvalue weighted by atomic mass is 16.6. The Kier molecular flexibility index (Phi) is 15.9. The van der Waals surface area contributed by atoms with Crippen molar-refractivity contribution in [1.82, 2.24) is 20.9 Å². The number of amides is 6. The van der Waals surface area contributed by atoms with Crippen LogP contribution in [0.1, 0.15) is 69.3 Å². The standard InChI is InChI=1S/C44H54N6O13/c1-22-17-27-36(46-15-16-62-44(59)48-29-11-8-10-26-28(29)21-50(42(26)57)31-13-14-35(52)49-41(31)56)32(51)20-30(38(27)54)47-40(55)23(2)9-7-12-33(60-5)39(63-43(45)58)25(4)19-24(3)37(53)34(18-22)61-6/h7-12,19-20,22,24,31,33-34,37,39,46,53H,13-18,21H2,1-6H3,(H2,45,58)(H,47,55)(H,48,59)(H,49,52,56)/b12-7-,23-9-,25-19-/t22-,24+,31?,33+,34+,37+,39+/m1/s1. The summed E-state index contributed by atoms with van der Waals surface area (Å²) in [5.74, 6) is -4.20. The van der Waals surface area contributed by atoms with E-state index in [2.05, 4.69) is 21.3 Å². The fourth-order valence-corrected chi connectivity index (χ4v) is 7.95. The van der Waals surface area contributed by atoms with Crippen LogP contribution in [0.2, 0.25) is 0 Å². The van der Waals surface area contributed by atoms with Crippen LogP contribution < -0.4 is 27.0 Å². The summed E-state index contributed by atoms with van der Waals surface area (Å²) < 4.78 is 22.1. The third kappa shape index (κ3) is 11.5. The van der Waals surface area contributed by atoms with Crippen LogP contribution in [0.25, 0.3) is 0 Å². The number of aliphatic hydroxyl groups is 1. The van der Waals surface area contributed by atoms with Crippen LogP contribution in [0.15, 0.2) is 76.7 Å². The first-order valence-corrected chi connectivity index (χ1v) is 20.5. The van der Waals surface area contributed by atoms with Gasteiger partial charge in [-0.15, -0.1) is 0 Å². The number of Topliss-reactive ketones (excluding diaryl/α,β-unsaturated/α-hetero) is 1. The monoisotopic (exact) mass is 874 g/mol. The van der Waals surface area contributed by atoms with Crippen molar-refractivity contribution in [3.8, 4) is 0 Å². The molecule has 7 atom stereocenters. The normalized spacial score (nSPS) is 28.4. The number of nitrogens with zero attached hydrogens (tertiary/aromatic N) is 1. The molecule has 6 amide bonds. The molecular formula is C44H54N6O13. The molecule has 0 aromatic heterocycles. The van der Waals surface area contributed by atoms with Crippen LogP contribution in [0, 0.1) is 11.8 Å². The number of nitrogens with one attached hydrogen (secondary N) is 4. The molecule has 1 saturated heterocycles. The molecule has 63 heavy (non-hydrogen) atoms. The van der Waals surface area contributed by atoms with Gasteiger partial charge < -0.3 is 45.3 Å². The molecule has 1 aliphatic carbocycles. The van der Waals surface area contributed by atoms with Gasteiger partial charge in [-0.25, -0.2) is 9.59 Å². The van der Waals surface area contributed by atoms with E-state index in [0.717, 1.165) is 6.08 Å². The Bertz CT molecular complexity index is 2190. The number of ketones is 2. The first kappa shape index (κ1) is 47.6. The largest absolute Gasteiger partial charge is 0.447 e. The van der Waals surface area contributed by atoms with Crippen molar-refractivity contribution < 1.29 is 62.4 Å². The molecule has 2 bridgehead atoms. The Morgan fingerprint density at radius 2 is 1.78 bits per heavy atom. The Morgan fingerprint density at radius 1 is 1.03 bits per heavy atom. The maximum atomic E-state index is 14.1. The second kappa shape index (κ2) is 21.1. The number of allylic oxidation sites excluding steroid dienone is 4. The average molecular weight is 875 g/mol. The highest BCUT2D eigenvalue weighted by molar-refractivity contribution is 6.23. The van der Waals surface area contributed by atoms with Gasteiger partial charge in [-0.2, -0.15) is 0 Å². The molecule has 1 unspecified atom stereocenters. The van der Waals surface area contributed by atoms with Crippen molar-refractivity contribution in [2.45, 2.75) is 90.4 Å². The minimum absolute atomic E-state index is 0.0204. The van der Waals surface area contributed by atoms with E-state index in [-0.39, 0.29) is 79.5 Å². The Morgan fingerprint density at radius 3 is 2.46 bits per heavy atom. The van der Waals surface area contributed by atoms with Crippen LogP contribution in [0.4, 0.5) is 15.3 Å². The zero-order valence-corrected chi connectivity index (χ0v) is 36.0. The van der Waals surface area contributed by atoms with E-state index in [1.54, 1.807) is 44.2 Å². The lowest BCUT2D eigenvalue weighted by molar-refractivity contribution is -0.137. The number of anilines is 1. The summed E-state index contributed by atoms with van der Waals surface area (Å²) >= 11 is 0. The zero-order valence-electron chi connectivity index (χ0n) is 36.0. The minimum Gasteiger partial charge on any atom is -0.447 e. The summed E-state index contributed by atoms with van der Waals surface area (Å²) in [6.45, 7) is 6.42. The highest BCUT2D eigenvalue weighted by Gasteiger charge is 2.40. The van der Waals surface area contributed by atoms with E-state index in [1.807, 2.05) is 6.92 Å². The fraction of sp³-hybridized carbons (Fsp3) is 0.455. The Labute approximate surface area is 364 Å². The van der Waals surface area contributed by atoms with Gasteiger partial charge in [0.1, 0.15) is 18.8 Å². The number of ether oxygens (including phenoxy) is 4. The summed E-state index contributed by atoms with van der Waals surface area (Å²) in [5, 5.41) is 21.8. The molecule has 19 nitrogen and oxygen atoms in total. The molecule has 3 heterocycles. The predicted molar refractivity (Wildman–Crippen MR) is 225 cm³/mol. The lowest BCUT2D eigenvalue weighted by Gasteiger charge is -2.30. The molecule has 0 radical (unpaired) electrons. The number of hydrogen-bond acceptors (Lipinski definition) is 14. The molecule has 1 aromatic rings. The van der Waals surface area contributed by atoms with Gasteiger partial charge in [0.05, 0.1) is 23.6 Å². The van der Waals surface area contributed by atoms with Crippen molar-refractivity contribution in [3.63, 3.8) is 0 Å². The van der Waals surface area contributed by atoms with Crippen LogP contribution in [0.3, 0.4) is 0 Å². The number of carbonyl (C=O) groups is 8. The molecule has 7 N–H and O–H groups in total. The number of aliphatic hydroxyl groups excluding tert-OH is 1. The van der Waals surface area contributed by atoms with Gasteiger partial charge >= 0.3 is 12.2 Å². The van der Waals surface area contributed by atoms with Gasteiger partial charge in [0.15, 0.2) is 6.10 Å². The first-order valence-electron chi connectivity index (χ1n) is 20.5. The number of benzene rings is 1. The highest BCUT2D eigenvalue weighted by Crippen LogP contribution is 2.33. The molecule has 4 aliphatic rings. The SMILES string of the molecule is CO[C@H]1/C=C\C=C(\C)C(=O)NC2=CC(=O)C(NCCOC(=O)Nc3cccc4c3CN(C3CCC(=O)NC3=O)C4=O)=C(C[C@@H](C)C[C@H](OC)[C@@H](O)[C@@H](C)/C=C(/C)[C@@H]1OC(N)=O)C2=O. The van der Waals surface area contributed by atoms with Crippen molar-refractivity contribution in [3.05, 3.63) is 87.8 Å². The van der Waals surface area contributed by atoms with Crippen molar-refractivity contribution in [1.29, 1.82) is 0 Å². The molecule has 19 heteroatoms. The van der Waals surface area contributed by atoms with E-state index in [4.69, 9.17) is 24.7 Å². The van der Waals surface area contributed by atoms with Crippen molar-refractivity contribution in [2.24, 2.45) is 17.6 Å². The number of piperidine rings is 1. The van der Waals surface area contributed by atoms with Crippen LogP contribution in [-0.4, -0.2) is 115 Å². The number of nitrogens with two attached hydrogens (primary N) is 1. The van der Waals surface area contributed by atoms with Crippen LogP contribution in [0.5, 0.6) is 0 Å². The third-order valence-corrected chi connectivity index (χ3v) is 11.2. The van der Waals surface area contributed by atoms with Gasteiger partial charge in [0.25, 0.3) is 11.8 Å². The predicted octanol–water partition coefficient (Wildman–Crippen LogP) is 2.36. The summed E-state index contributed by atoms with van der Waals surface area (Å²) in [4.78, 5) is 105. The van der Waals surface area contributed by atoms with Gasteiger partial charge in [0.2, 0.25) is 23.4 Å². The summed E-state index contributed by atoms with van der Waals surface area (Å²) in [7, 11) is 2.84. The van der Waals surface area contributed by atoms with Gasteiger partial charge in [-0.05, 0) is 56.7 Å².